The van der Waals surface area contributed by atoms with Gasteiger partial charge >= 0.3 is 0 Å². The molecule has 100 valence electrons. The molecule has 2 rings (SSSR count). The smallest absolute Gasteiger partial charge is 0.0740 e. The second kappa shape index (κ2) is 17.6. The topological polar surface area (TPSA) is 25.8 Å². The Labute approximate surface area is 111 Å². The van der Waals surface area contributed by atoms with E-state index in [0.717, 1.165) is 12.1 Å². The van der Waals surface area contributed by atoms with Gasteiger partial charge < -0.3 is 0 Å². The Morgan fingerprint density at radius 1 is 1.12 bits per heavy atom. The Bertz CT molecular complexity index is 273. The minimum atomic E-state index is 0. The van der Waals surface area contributed by atoms with Gasteiger partial charge in [0.05, 0.1) is 11.9 Å². The van der Waals surface area contributed by atoms with E-state index < -0.39 is 0 Å². The van der Waals surface area contributed by atoms with Crippen LogP contribution in [0.15, 0.2) is 18.3 Å². The van der Waals surface area contributed by atoms with E-state index in [9.17, 15) is 0 Å². The molecular weight excluding hydrogens is 227 g/mol. The lowest BCUT2D eigenvalue weighted by Crippen LogP contribution is -1.88. The molecule has 0 bridgehead atoms. The van der Waals surface area contributed by atoms with E-state index in [1.807, 2.05) is 33.8 Å². The summed E-state index contributed by atoms with van der Waals surface area (Å²) in [6.45, 7) is 12.2. The summed E-state index contributed by atoms with van der Waals surface area (Å²) in [5, 5.41) is 7.71. The monoisotopic (exact) mass is 256 g/mol. The van der Waals surface area contributed by atoms with Gasteiger partial charge in [0.2, 0.25) is 0 Å². The Kier molecular flexibility index (Phi) is 22.3. The van der Waals surface area contributed by atoms with Crippen molar-refractivity contribution in [1.82, 2.24) is 10.2 Å². The molecule has 3 heteroatoms. The predicted molar refractivity (Wildman–Crippen MR) is 84.5 cm³/mol. The summed E-state index contributed by atoms with van der Waals surface area (Å²) < 4.78 is 0. The van der Waals surface area contributed by atoms with Crippen LogP contribution >= 0.6 is 9.90 Å². The third-order valence-corrected chi connectivity index (χ3v) is 1.44. The van der Waals surface area contributed by atoms with Gasteiger partial charge in [-0.25, -0.2) is 0 Å². The SMILES string of the molecule is C1=Cc2ccnnc2C1.CC.CC.CCC.P. The van der Waals surface area contributed by atoms with Crippen LogP contribution in [0.2, 0.25) is 0 Å². The first-order valence-corrected chi connectivity index (χ1v) is 6.35. The van der Waals surface area contributed by atoms with Gasteiger partial charge in [-0.2, -0.15) is 20.1 Å². The quantitative estimate of drug-likeness (QED) is 0.635. The third-order valence-electron chi connectivity index (χ3n) is 1.44. The number of aromatic nitrogens is 2. The Hall–Kier alpha value is -0.750. The van der Waals surface area contributed by atoms with E-state index in [1.54, 1.807) is 6.20 Å². The average molecular weight is 256 g/mol. The van der Waals surface area contributed by atoms with Crippen molar-refractivity contribution < 1.29 is 0 Å². The maximum Gasteiger partial charge on any atom is 0.0740 e. The van der Waals surface area contributed by atoms with Crippen LogP contribution in [0.5, 0.6) is 0 Å². The van der Waals surface area contributed by atoms with E-state index in [4.69, 9.17) is 0 Å². The average Bonchev–Trinajstić information content (AvgIpc) is 2.83. The molecule has 1 heterocycles. The van der Waals surface area contributed by atoms with Crippen LogP contribution < -0.4 is 0 Å². The van der Waals surface area contributed by atoms with Crippen molar-refractivity contribution in [2.24, 2.45) is 0 Å². The molecule has 0 spiro atoms. The first-order chi connectivity index (χ1) is 7.88. The molecule has 17 heavy (non-hydrogen) atoms. The van der Waals surface area contributed by atoms with Crippen molar-refractivity contribution in [3.63, 3.8) is 0 Å². The molecule has 0 aromatic carbocycles. The van der Waals surface area contributed by atoms with Crippen LogP contribution in [-0.2, 0) is 6.42 Å². The molecule has 1 aliphatic rings. The van der Waals surface area contributed by atoms with E-state index >= 15 is 0 Å². The standard InChI is InChI=1S/C7H6N2.C3H8.2C2H6.H3P/c1-2-6-4-5-8-9-7(6)3-1;1-3-2;2*1-2;/h1-2,4-5H,3H2;3H2,1-2H3;2*1-2H3;1H3. The number of hydrogen-bond acceptors (Lipinski definition) is 2. The van der Waals surface area contributed by atoms with Gasteiger partial charge in [0.15, 0.2) is 0 Å². The molecule has 0 fully saturated rings. The number of fused-ring (bicyclic) bond motifs is 1. The van der Waals surface area contributed by atoms with E-state index in [0.29, 0.717) is 0 Å². The predicted octanol–water partition coefficient (Wildman–Crippen LogP) is 4.57. The molecule has 0 saturated carbocycles. The van der Waals surface area contributed by atoms with Crippen molar-refractivity contribution in [2.75, 3.05) is 0 Å². The lowest BCUT2D eigenvalue weighted by molar-refractivity contribution is 0.955. The zero-order valence-corrected chi connectivity index (χ0v) is 13.7. The summed E-state index contributed by atoms with van der Waals surface area (Å²) >= 11 is 0. The molecule has 1 aromatic rings. The first-order valence-electron chi connectivity index (χ1n) is 6.35. The Morgan fingerprint density at radius 3 is 2.12 bits per heavy atom. The largest absolute Gasteiger partial charge is 0.159 e. The van der Waals surface area contributed by atoms with E-state index in [-0.39, 0.29) is 9.90 Å². The highest BCUT2D eigenvalue weighted by molar-refractivity contribution is 6.92. The van der Waals surface area contributed by atoms with Gasteiger partial charge in [0.1, 0.15) is 0 Å². The van der Waals surface area contributed by atoms with Gasteiger partial charge in [-0.05, 0) is 11.6 Å². The van der Waals surface area contributed by atoms with Crippen LogP contribution in [-0.4, -0.2) is 10.2 Å². The second-order valence-electron chi connectivity index (χ2n) is 2.75. The van der Waals surface area contributed by atoms with Crippen LogP contribution in [0.25, 0.3) is 6.08 Å². The summed E-state index contributed by atoms with van der Waals surface area (Å²) in [5.74, 6) is 0. The number of allylic oxidation sites excluding steroid dienone is 1. The van der Waals surface area contributed by atoms with Gasteiger partial charge in [-0.15, -0.1) is 0 Å². The van der Waals surface area contributed by atoms with Gasteiger partial charge in [-0.3, -0.25) is 0 Å². The molecule has 0 saturated heterocycles. The van der Waals surface area contributed by atoms with Crippen molar-refractivity contribution in [1.29, 1.82) is 0 Å². The van der Waals surface area contributed by atoms with Gasteiger partial charge in [0, 0.05) is 6.42 Å². The van der Waals surface area contributed by atoms with Gasteiger partial charge in [-0.1, -0.05) is 60.1 Å². The lowest BCUT2D eigenvalue weighted by Gasteiger charge is -1.90. The zero-order valence-electron chi connectivity index (χ0n) is 12.3. The normalized spacial score (nSPS) is 9.06. The molecule has 0 aliphatic heterocycles. The van der Waals surface area contributed by atoms with Crippen molar-refractivity contribution in [3.8, 4) is 0 Å². The molecule has 1 unspecified atom stereocenters. The summed E-state index contributed by atoms with van der Waals surface area (Å²) in [7, 11) is 0. The highest BCUT2D eigenvalue weighted by Crippen LogP contribution is 2.13. The van der Waals surface area contributed by atoms with Crippen LogP contribution in [0.1, 0.15) is 59.2 Å². The highest BCUT2D eigenvalue weighted by Gasteiger charge is 2.03. The van der Waals surface area contributed by atoms with Gasteiger partial charge in [0.25, 0.3) is 0 Å². The number of hydrogen-bond donors (Lipinski definition) is 0. The van der Waals surface area contributed by atoms with Crippen LogP contribution in [0.3, 0.4) is 0 Å². The number of rotatable bonds is 0. The summed E-state index contributed by atoms with van der Waals surface area (Å²) in [6, 6.07) is 1.98. The molecule has 2 nitrogen and oxygen atoms in total. The fourth-order valence-corrected chi connectivity index (χ4v) is 0.979. The maximum atomic E-state index is 3.95. The molecular formula is C14H29N2P. The van der Waals surface area contributed by atoms with E-state index in [1.165, 1.54) is 12.0 Å². The first kappa shape index (κ1) is 21.5. The summed E-state index contributed by atoms with van der Waals surface area (Å²) in [5.41, 5.74) is 2.31. The minimum absolute atomic E-state index is 0. The Morgan fingerprint density at radius 2 is 1.65 bits per heavy atom. The Balaban J connectivity index is -0.000000214. The molecule has 1 aromatic heterocycles. The second-order valence-corrected chi connectivity index (χ2v) is 2.75. The zero-order chi connectivity index (χ0) is 12.8. The lowest BCUT2D eigenvalue weighted by atomic mass is 10.3. The highest BCUT2D eigenvalue weighted by atomic mass is 31.0. The maximum absolute atomic E-state index is 3.95. The fourth-order valence-electron chi connectivity index (χ4n) is 0.979. The molecule has 1 atom stereocenters. The van der Waals surface area contributed by atoms with E-state index in [2.05, 4.69) is 36.2 Å². The minimum Gasteiger partial charge on any atom is -0.159 e. The summed E-state index contributed by atoms with van der Waals surface area (Å²) in [6.07, 6.45) is 8.08. The molecule has 1 aliphatic carbocycles. The van der Waals surface area contributed by atoms with Crippen molar-refractivity contribution >= 4 is 16.0 Å². The number of nitrogens with zero attached hydrogens (tertiary/aromatic N) is 2. The van der Waals surface area contributed by atoms with Crippen molar-refractivity contribution in [2.45, 2.75) is 54.4 Å². The molecule has 0 radical (unpaired) electrons. The fraction of sp³-hybridized carbons (Fsp3) is 0.571. The summed E-state index contributed by atoms with van der Waals surface area (Å²) in [4.78, 5) is 0. The van der Waals surface area contributed by atoms with Crippen LogP contribution in [0, 0.1) is 0 Å². The van der Waals surface area contributed by atoms with Crippen LogP contribution in [0.4, 0.5) is 0 Å². The molecule has 0 amide bonds. The third kappa shape index (κ3) is 10.1. The molecule has 0 N–H and O–H groups in total. The van der Waals surface area contributed by atoms with Crippen molar-refractivity contribution in [3.05, 3.63) is 29.6 Å².